The van der Waals surface area contributed by atoms with Crippen molar-refractivity contribution >= 4 is 34.9 Å². The molecule has 6 nitrogen and oxygen atoms in total. The molecule has 2 aromatic rings. The molecule has 162 valence electrons. The number of alkyl halides is 2. The summed E-state index contributed by atoms with van der Waals surface area (Å²) in [5.74, 6) is -1.44. The molecule has 1 fully saturated rings. The second-order valence-electron chi connectivity index (χ2n) is 7.84. The van der Waals surface area contributed by atoms with E-state index in [1.807, 2.05) is 0 Å². The quantitative estimate of drug-likeness (QED) is 0.697. The van der Waals surface area contributed by atoms with Crippen molar-refractivity contribution in [1.29, 1.82) is 0 Å². The first kappa shape index (κ1) is 21.4. The lowest BCUT2D eigenvalue weighted by molar-refractivity contribution is -0.114. The van der Waals surface area contributed by atoms with Crippen LogP contribution in [0.2, 0.25) is 5.02 Å². The van der Waals surface area contributed by atoms with Crippen LogP contribution in [0.25, 0.3) is 0 Å². The molecule has 1 aliphatic carbocycles. The van der Waals surface area contributed by atoms with Gasteiger partial charge in [0.1, 0.15) is 5.69 Å². The number of carbonyl (C=O) groups is 3. The van der Waals surface area contributed by atoms with Crippen LogP contribution in [0.4, 0.5) is 14.5 Å². The Kier molecular flexibility index (Phi) is 6.00. The fourth-order valence-electron chi connectivity index (χ4n) is 4.25. The monoisotopic (exact) mass is 447 g/mol. The number of para-hydroxylation sites is 1. The largest absolute Gasteiger partial charge is 0.349 e. The van der Waals surface area contributed by atoms with Crippen LogP contribution >= 0.6 is 11.6 Å². The highest BCUT2D eigenvalue weighted by Crippen LogP contribution is 2.33. The predicted molar refractivity (Wildman–Crippen MR) is 111 cm³/mol. The molecule has 1 aromatic heterocycles. The molecule has 0 unspecified atom stereocenters. The van der Waals surface area contributed by atoms with E-state index in [9.17, 15) is 23.2 Å². The zero-order valence-electron chi connectivity index (χ0n) is 16.5. The Bertz CT molecular complexity index is 1040. The van der Waals surface area contributed by atoms with Gasteiger partial charge >= 0.3 is 0 Å². The van der Waals surface area contributed by atoms with Crippen molar-refractivity contribution in [2.45, 2.75) is 38.2 Å². The average Bonchev–Trinajstić information content (AvgIpc) is 3.00. The Hall–Kier alpha value is -2.87. The smallest absolute Gasteiger partial charge is 0.299 e. The number of fused-ring (bicyclic) bond motifs is 1. The van der Waals surface area contributed by atoms with E-state index in [-0.39, 0.29) is 22.5 Å². The van der Waals surface area contributed by atoms with Gasteiger partial charge in [0, 0.05) is 18.8 Å². The van der Waals surface area contributed by atoms with Crippen molar-refractivity contribution in [2.24, 2.45) is 5.92 Å². The van der Waals surface area contributed by atoms with Gasteiger partial charge in [-0.3, -0.25) is 19.4 Å². The number of Topliss-reactive ketones (excluding diaryl/α,β-unsaturated/α-hetero) is 1. The Labute approximate surface area is 182 Å². The van der Waals surface area contributed by atoms with Crippen LogP contribution in [-0.4, -0.2) is 35.2 Å². The van der Waals surface area contributed by atoms with E-state index in [1.165, 1.54) is 11.0 Å². The number of carbonyl (C=O) groups excluding carboxylic acids is 3. The van der Waals surface area contributed by atoms with Gasteiger partial charge in [0.2, 0.25) is 0 Å². The lowest BCUT2D eigenvalue weighted by Crippen LogP contribution is -2.41. The zero-order chi connectivity index (χ0) is 22.1. The van der Waals surface area contributed by atoms with Gasteiger partial charge in [0.15, 0.2) is 0 Å². The Morgan fingerprint density at radius 2 is 1.90 bits per heavy atom. The molecule has 2 aliphatic rings. The first-order chi connectivity index (χ1) is 14.8. The minimum Gasteiger partial charge on any atom is -0.349 e. The number of ketones is 1. The molecule has 2 heterocycles. The zero-order valence-corrected chi connectivity index (χ0v) is 17.2. The normalized spacial score (nSPS) is 20.8. The molecule has 9 heteroatoms. The molecule has 31 heavy (non-hydrogen) atoms. The minimum absolute atomic E-state index is 0.114. The number of rotatable bonds is 5. The molecular formula is C22H20ClF2N3O3. The number of nitrogens with zero attached hydrogens (tertiary/aromatic N) is 2. The van der Waals surface area contributed by atoms with Gasteiger partial charge in [0.05, 0.1) is 21.8 Å². The summed E-state index contributed by atoms with van der Waals surface area (Å²) in [6.45, 7) is 0.440. The topological polar surface area (TPSA) is 79.4 Å². The number of nitrogens with one attached hydrogen (secondary N) is 1. The van der Waals surface area contributed by atoms with Crippen LogP contribution < -0.4 is 10.2 Å². The van der Waals surface area contributed by atoms with Crippen LogP contribution in [0, 0.1) is 5.92 Å². The van der Waals surface area contributed by atoms with Gasteiger partial charge in [-0.2, -0.15) is 0 Å². The Morgan fingerprint density at radius 1 is 1.19 bits per heavy atom. The summed E-state index contributed by atoms with van der Waals surface area (Å²) in [4.78, 5) is 42.2. The number of halogens is 3. The maximum atomic E-state index is 13.2. The molecule has 0 bridgehead atoms. The Morgan fingerprint density at radius 3 is 2.61 bits per heavy atom. The molecule has 1 aliphatic heterocycles. The number of amides is 2. The van der Waals surface area contributed by atoms with Crippen molar-refractivity contribution in [2.75, 3.05) is 11.4 Å². The number of hydrogen-bond donors (Lipinski definition) is 1. The molecule has 0 radical (unpaired) electrons. The van der Waals surface area contributed by atoms with E-state index < -0.39 is 29.7 Å². The molecule has 2 amide bonds. The van der Waals surface area contributed by atoms with Crippen LogP contribution in [0.1, 0.15) is 58.5 Å². The molecule has 0 atom stereocenters. The van der Waals surface area contributed by atoms with Crippen molar-refractivity contribution in [3.8, 4) is 0 Å². The summed E-state index contributed by atoms with van der Waals surface area (Å²) in [5.41, 5.74) is 0.258. The summed E-state index contributed by atoms with van der Waals surface area (Å²) in [6.07, 6.45) is 0.977. The summed E-state index contributed by atoms with van der Waals surface area (Å²) in [5, 5.41) is 2.91. The summed E-state index contributed by atoms with van der Waals surface area (Å²) >= 11 is 5.82. The summed E-state index contributed by atoms with van der Waals surface area (Å²) < 4.78 is 26.3. The Balaban J connectivity index is 1.36. The first-order valence-corrected chi connectivity index (χ1v) is 10.4. The lowest BCUT2D eigenvalue weighted by Gasteiger charge is -2.31. The highest BCUT2D eigenvalue weighted by Gasteiger charge is 2.37. The fraction of sp³-hybridized carbons (Fsp3) is 0.364. The van der Waals surface area contributed by atoms with Crippen LogP contribution in [0.3, 0.4) is 0 Å². The SMILES string of the molecule is O=C1C(=O)N(CC2CCC(NC(=O)c3cc(Cl)cnc3C(F)F)CC2)c2ccccc21. The van der Waals surface area contributed by atoms with Crippen molar-refractivity contribution < 1.29 is 23.2 Å². The summed E-state index contributed by atoms with van der Waals surface area (Å²) in [7, 11) is 0. The standard InChI is InChI=1S/C22H20ClF2N3O3/c23-13-9-16(18(20(24)25)26-10-13)21(30)27-14-7-5-12(6-8-14)11-28-17-4-2-1-3-15(17)19(29)22(28)31/h1-4,9-10,12,14,20H,5-8,11H2,(H,27,30). The van der Waals surface area contributed by atoms with E-state index in [1.54, 1.807) is 24.3 Å². The highest BCUT2D eigenvalue weighted by molar-refractivity contribution is 6.52. The number of hydrogen-bond acceptors (Lipinski definition) is 4. The molecule has 0 spiro atoms. The predicted octanol–water partition coefficient (Wildman–Crippen LogP) is 4.19. The fourth-order valence-corrected chi connectivity index (χ4v) is 4.40. The first-order valence-electron chi connectivity index (χ1n) is 10.0. The molecule has 1 saturated carbocycles. The van der Waals surface area contributed by atoms with Gasteiger partial charge in [-0.25, -0.2) is 8.78 Å². The minimum atomic E-state index is -2.88. The van der Waals surface area contributed by atoms with E-state index in [4.69, 9.17) is 11.6 Å². The van der Waals surface area contributed by atoms with Gasteiger partial charge in [-0.15, -0.1) is 0 Å². The van der Waals surface area contributed by atoms with Gasteiger partial charge in [0.25, 0.3) is 24.0 Å². The highest BCUT2D eigenvalue weighted by atomic mass is 35.5. The second kappa shape index (κ2) is 8.70. The van der Waals surface area contributed by atoms with Crippen molar-refractivity contribution in [1.82, 2.24) is 10.3 Å². The van der Waals surface area contributed by atoms with E-state index in [2.05, 4.69) is 10.3 Å². The average molecular weight is 448 g/mol. The van der Waals surface area contributed by atoms with E-state index in [0.717, 1.165) is 19.0 Å². The van der Waals surface area contributed by atoms with Gasteiger partial charge in [-0.05, 0) is 49.8 Å². The number of aromatic nitrogens is 1. The van der Waals surface area contributed by atoms with E-state index in [0.29, 0.717) is 30.6 Å². The number of anilines is 1. The summed E-state index contributed by atoms with van der Waals surface area (Å²) in [6, 6.07) is 7.98. The second-order valence-corrected chi connectivity index (χ2v) is 8.28. The number of benzene rings is 1. The van der Waals surface area contributed by atoms with Crippen LogP contribution in [0.5, 0.6) is 0 Å². The molecule has 1 aromatic carbocycles. The third-order valence-electron chi connectivity index (χ3n) is 5.84. The molecule has 0 saturated heterocycles. The third-order valence-corrected chi connectivity index (χ3v) is 6.04. The van der Waals surface area contributed by atoms with Crippen LogP contribution in [-0.2, 0) is 4.79 Å². The number of pyridine rings is 1. The van der Waals surface area contributed by atoms with Crippen LogP contribution in [0.15, 0.2) is 36.5 Å². The molecule has 1 N–H and O–H groups in total. The maximum Gasteiger partial charge on any atom is 0.299 e. The molecule has 4 rings (SSSR count). The van der Waals surface area contributed by atoms with Gasteiger partial charge in [-0.1, -0.05) is 23.7 Å². The van der Waals surface area contributed by atoms with Gasteiger partial charge < -0.3 is 10.2 Å². The van der Waals surface area contributed by atoms with E-state index >= 15 is 0 Å². The van der Waals surface area contributed by atoms with Crippen molar-refractivity contribution in [3.63, 3.8) is 0 Å². The maximum absolute atomic E-state index is 13.2. The molecular weight excluding hydrogens is 428 g/mol. The lowest BCUT2D eigenvalue weighted by atomic mass is 9.85. The van der Waals surface area contributed by atoms with Crippen molar-refractivity contribution in [3.05, 3.63) is 58.4 Å². The third kappa shape index (κ3) is 4.30.